The summed E-state index contributed by atoms with van der Waals surface area (Å²) in [6.07, 6.45) is 5.44. The number of methoxy groups -OCH3 is 2. The van der Waals surface area contributed by atoms with E-state index in [1.807, 2.05) is 54.7 Å². The molecule has 13 atom stereocenters. The average Bonchev–Trinajstić information content (AvgIpc) is 2.52. The number of aliphatic hydroxyl groups excluding tert-OH is 1. The van der Waals surface area contributed by atoms with Gasteiger partial charge in [-0.05, 0) is 133 Å². The Morgan fingerprint density at radius 1 is 0.773 bits per heavy atom. The van der Waals surface area contributed by atoms with Crippen LogP contribution in [0, 0.1) is 35.5 Å². The van der Waals surface area contributed by atoms with Crippen LogP contribution in [0.15, 0.2) is 59.7 Å². The zero-order chi connectivity index (χ0) is 66.8. The van der Waals surface area contributed by atoms with Crippen LogP contribution in [0.4, 0.5) is 0 Å². The van der Waals surface area contributed by atoms with Crippen LogP contribution in [0.3, 0.4) is 0 Å². The smallest absolute Gasteiger partial charge is 0.338 e. The molecular formula is C70H130O12S2Si4. The van der Waals surface area contributed by atoms with Gasteiger partial charge in [0.1, 0.15) is 19.3 Å². The average molecular weight is 1340 g/mol. The summed E-state index contributed by atoms with van der Waals surface area (Å²) in [5.41, 5.74) is 3.96. The third-order valence-electron chi connectivity index (χ3n) is 19.3. The Morgan fingerprint density at radius 2 is 1.33 bits per heavy atom. The summed E-state index contributed by atoms with van der Waals surface area (Å²) in [4.78, 5) is 15.7. The number of allylic oxidation sites excluding steroid dienone is 4. The van der Waals surface area contributed by atoms with Gasteiger partial charge in [-0.3, -0.25) is 0 Å². The number of ether oxygens (including phenoxy) is 8. The SMILES string of the molecule is C/C=C\[C@H](C)/C=C(\C)[C@@H](OCOCC[Si](C)(C)C)C1COC(=O)[C@H](OCOCC[Si](C)(C)C)C(OC)[C@H](C)[C@@H](OCc2ccc(OC)cc2)[C@H](C)C(O[Si](C(C)C)(C(C)C)C(C)C)/C(C)=C/[C@H](C)C2(C[C@H](O[Si](C)(C)C(C)(C)C)[C@@H](C)[C@@H]1O)SCCCS2. The van der Waals surface area contributed by atoms with Crippen LogP contribution in [0.25, 0.3) is 0 Å². The van der Waals surface area contributed by atoms with Gasteiger partial charge >= 0.3 is 5.97 Å². The number of hydrogen-bond acceptors (Lipinski definition) is 14. The lowest BCUT2D eigenvalue weighted by molar-refractivity contribution is -0.197. The first-order valence-electron chi connectivity index (χ1n) is 33.5. The van der Waals surface area contributed by atoms with E-state index in [0.29, 0.717) is 36.3 Å². The summed E-state index contributed by atoms with van der Waals surface area (Å²) in [6, 6.07) is 9.91. The Bertz CT molecular complexity index is 2250. The van der Waals surface area contributed by atoms with Crippen LogP contribution in [0.2, 0.25) is 86.1 Å². The predicted octanol–water partition coefficient (Wildman–Crippen LogP) is 18.1. The highest BCUT2D eigenvalue weighted by molar-refractivity contribution is 8.18. The van der Waals surface area contributed by atoms with Crippen LogP contribution in [-0.2, 0) is 53.4 Å². The van der Waals surface area contributed by atoms with Crippen molar-refractivity contribution in [3.63, 3.8) is 0 Å². The predicted molar refractivity (Wildman–Crippen MR) is 384 cm³/mol. The highest BCUT2D eigenvalue weighted by atomic mass is 32.2. The van der Waals surface area contributed by atoms with Gasteiger partial charge in [0, 0.05) is 60.1 Å². The first kappa shape index (κ1) is 81.2. The van der Waals surface area contributed by atoms with E-state index in [0.717, 1.165) is 52.5 Å². The number of rotatable bonds is 28. The summed E-state index contributed by atoms with van der Waals surface area (Å²) in [6.45, 7) is 58.1. The second kappa shape index (κ2) is 36.7. The van der Waals surface area contributed by atoms with Gasteiger partial charge in [0.25, 0.3) is 0 Å². The van der Waals surface area contributed by atoms with Crippen molar-refractivity contribution in [2.75, 3.05) is 59.1 Å². The molecule has 0 aliphatic carbocycles. The van der Waals surface area contributed by atoms with Crippen molar-refractivity contribution in [3.05, 3.63) is 65.3 Å². The highest BCUT2D eigenvalue weighted by Crippen LogP contribution is 2.54. The molecule has 88 heavy (non-hydrogen) atoms. The minimum atomic E-state index is -2.60. The third-order valence-corrected chi connectivity index (χ3v) is 37.1. The number of cyclic esters (lactones) is 1. The van der Waals surface area contributed by atoms with Crippen LogP contribution < -0.4 is 4.74 Å². The monoisotopic (exact) mass is 1340 g/mol. The molecule has 0 aromatic heterocycles. The van der Waals surface area contributed by atoms with Gasteiger partial charge in [-0.2, -0.15) is 0 Å². The standard InChI is InChI=1S/C70H130O12S2Si4/c1-28-30-51(8)41-52(9)64(79-46-75-35-39-85(20,21)22)60-45-78-68(72)67(80-47-76-36-40-86(23,24)25)66(74-19)57(14)65(77-44-58-31-33-59(73-18)34-32-58)56(13)63(82-88(48(2)3,49(4)5)50(6)7)53(10)42-54(11)70(83-37-29-38-84-70)43-61(55(12)62(60)71)81-87(26,27)69(15,16)17/h28,30-34,41-42,48-51,54-57,60-67,71H,29,35-40,43-47H2,1-27H3/b30-28-,52-41+,53-42+/t51-,54-,55+,56+,57+,60?,61-,62-,63?,64+,65-,66?,67+/m0/s1. The molecule has 2 aliphatic rings. The summed E-state index contributed by atoms with van der Waals surface area (Å²) in [5, 5.41) is 13.6. The van der Waals surface area contributed by atoms with E-state index < -0.39 is 93.1 Å². The van der Waals surface area contributed by atoms with E-state index in [9.17, 15) is 5.11 Å². The minimum absolute atomic E-state index is 0.00699. The van der Waals surface area contributed by atoms with Crippen LogP contribution in [0.5, 0.6) is 5.75 Å². The van der Waals surface area contributed by atoms with Crippen molar-refractivity contribution in [2.45, 2.75) is 270 Å². The topological polar surface area (TPSA) is 130 Å². The van der Waals surface area contributed by atoms with E-state index in [2.05, 4.69) is 187 Å². The zero-order valence-corrected chi connectivity index (χ0v) is 66.2. The van der Waals surface area contributed by atoms with Crippen molar-refractivity contribution in [1.82, 2.24) is 0 Å². The van der Waals surface area contributed by atoms with Crippen molar-refractivity contribution in [1.29, 1.82) is 0 Å². The molecular weight excluding hydrogens is 1210 g/mol. The Balaban J connectivity index is 2.62. The first-order chi connectivity index (χ1) is 40.8. The molecule has 1 aromatic rings. The Morgan fingerprint density at radius 3 is 1.83 bits per heavy atom. The number of carbonyl (C=O) groups excluding carboxylic acids is 1. The molecule has 1 spiro atoms. The minimum Gasteiger partial charge on any atom is -0.497 e. The van der Waals surface area contributed by atoms with Gasteiger partial charge < -0.3 is 51.9 Å². The van der Waals surface area contributed by atoms with Crippen molar-refractivity contribution >= 4 is 62.3 Å². The molecule has 0 bridgehead atoms. The van der Waals surface area contributed by atoms with Gasteiger partial charge in [0.2, 0.25) is 8.32 Å². The van der Waals surface area contributed by atoms with E-state index in [4.69, 9.17) is 46.7 Å². The second-order valence-electron chi connectivity index (χ2n) is 30.9. The van der Waals surface area contributed by atoms with Crippen molar-refractivity contribution in [3.8, 4) is 5.75 Å². The molecule has 1 N–H and O–H groups in total. The van der Waals surface area contributed by atoms with Gasteiger partial charge in [-0.25, -0.2) is 4.79 Å². The molecule has 1 fully saturated rings. The lowest BCUT2D eigenvalue weighted by Crippen LogP contribution is -2.55. The second-order valence-corrected chi connectivity index (χ2v) is 55.4. The Hall–Kier alpha value is -1.08. The fraction of sp³-hybridized carbons (Fsp3) is 0.814. The van der Waals surface area contributed by atoms with Crippen LogP contribution >= 0.6 is 23.5 Å². The van der Waals surface area contributed by atoms with E-state index in [-0.39, 0.29) is 59.8 Å². The zero-order valence-electron chi connectivity index (χ0n) is 60.6. The lowest BCUT2D eigenvalue weighted by Gasteiger charge is -2.49. The number of thioether (sulfide) groups is 2. The summed E-state index contributed by atoms with van der Waals surface area (Å²) < 4.78 is 68.2. The van der Waals surface area contributed by atoms with Gasteiger partial charge in [-0.15, -0.1) is 23.5 Å². The summed E-state index contributed by atoms with van der Waals surface area (Å²) >= 11 is 4.10. The number of hydrogen-bond donors (Lipinski definition) is 1. The van der Waals surface area contributed by atoms with Crippen molar-refractivity contribution < 1.29 is 56.6 Å². The van der Waals surface area contributed by atoms with E-state index >= 15 is 4.79 Å². The highest BCUT2D eigenvalue weighted by Gasteiger charge is 2.52. The molecule has 1 aromatic carbocycles. The molecule has 510 valence electrons. The fourth-order valence-electron chi connectivity index (χ4n) is 13.0. The quantitative estimate of drug-likeness (QED) is 0.0281. The molecule has 3 rings (SSSR count). The number of carbonyl (C=O) groups is 1. The molecule has 0 amide bonds. The normalized spacial score (nSPS) is 28.0. The van der Waals surface area contributed by atoms with Gasteiger partial charge in [0.15, 0.2) is 14.4 Å². The molecule has 1 saturated heterocycles. The molecule has 0 saturated carbocycles. The maximum Gasteiger partial charge on any atom is 0.338 e. The summed E-state index contributed by atoms with van der Waals surface area (Å²) in [7, 11) is -4.72. The number of esters is 1. The maximum absolute atomic E-state index is 15.7. The molecule has 2 heterocycles. The molecule has 3 unspecified atom stereocenters. The summed E-state index contributed by atoms with van der Waals surface area (Å²) in [5.74, 6) is 0.321. The Kier molecular flexibility index (Phi) is 33.8. The fourth-order valence-corrected chi connectivity index (χ4v) is 25.1. The van der Waals surface area contributed by atoms with E-state index in [1.54, 1.807) is 14.2 Å². The van der Waals surface area contributed by atoms with E-state index in [1.165, 1.54) is 0 Å². The number of benzene rings is 1. The maximum atomic E-state index is 15.7. The van der Waals surface area contributed by atoms with Crippen LogP contribution in [-0.4, -0.2) is 150 Å². The molecule has 12 nitrogen and oxygen atoms in total. The Labute approximate surface area is 551 Å². The molecule has 2 aliphatic heterocycles. The van der Waals surface area contributed by atoms with Gasteiger partial charge in [0.05, 0.1) is 61.0 Å². The number of aliphatic hydroxyl groups is 1. The molecule has 18 heteroatoms. The van der Waals surface area contributed by atoms with Crippen LogP contribution in [0.1, 0.15) is 136 Å². The largest absolute Gasteiger partial charge is 0.497 e. The third kappa shape index (κ3) is 24.0. The first-order valence-corrected chi connectivity index (χ1v) is 47.9. The van der Waals surface area contributed by atoms with Gasteiger partial charge in [-0.1, -0.05) is 173 Å². The lowest BCUT2D eigenvalue weighted by atomic mass is 9.80. The molecule has 0 radical (unpaired) electrons. The van der Waals surface area contributed by atoms with Crippen molar-refractivity contribution in [2.24, 2.45) is 35.5 Å².